The van der Waals surface area contributed by atoms with Crippen LogP contribution in [-0.4, -0.2) is 83.3 Å². The van der Waals surface area contributed by atoms with Crippen LogP contribution in [0.4, 0.5) is 0 Å². The Bertz CT molecular complexity index is 564. The highest BCUT2D eigenvalue weighted by molar-refractivity contribution is 5.85. The van der Waals surface area contributed by atoms with Crippen molar-refractivity contribution in [1.29, 1.82) is 0 Å². The first-order chi connectivity index (χ1) is 12.2. The minimum atomic E-state index is -1.43. The molecule has 10 N–H and O–H groups in total. The summed E-state index contributed by atoms with van der Waals surface area (Å²) < 4.78 is 10.8. The van der Waals surface area contributed by atoms with Crippen LogP contribution in [-0.2, 0) is 19.1 Å². The molecule has 12 heteroatoms. The molecule has 1 rings (SSSR count). The van der Waals surface area contributed by atoms with Gasteiger partial charge in [0.25, 0.3) is 0 Å². The quantitative estimate of drug-likeness (QED) is 0.154. The normalized spacial score (nSPS) is 24.6. The Labute approximate surface area is 149 Å². The summed E-state index contributed by atoms with van der Waals surface area (Å²) >= 11 is 0. The van der Waals surface area contributed by atoms with E-state index in [0.717, 1.165) is 6.08 Å². The number of carboxylic acids is 1. The number of aliphatic carboxylic acids is 1. The second kappa shape index (κ2) is 9.91. The van der Waals surface area contributed by atoms with E-state index in [4.69, 9.17) is 26.7 Å². The van der Waals surface area contributed by atoms with E-state index in [0.29, 0.717) is 0 Å². The molecule has 1 aliphatic heterocycles. The summed E-state index contributed by atoms with van der Waals surface area (Å²) in [6.07, 6.45) is -2.72. The molecular formula is C14H25N5O7. The third-order valence-corrected chi connectivity index (χ3v) is 3.50. The fourth-order valence-corrected chi connectivity index (χ4v) is 2.53. The Morgan fingerprint density at radius 1 is 1.46 bits per heavy atom. The van der Waals surface area contributed by atoms with Gasteiger partial charge < -0.3 is 47.3 Å². The molecule has 0 saturated heterocycles. The molecule has 0 aromatic rings. The van der Waals surface area contributed by atoms with Gasteiger partial charge in [-0.25, -0.2) is 9.79 Å². The molecule has 26 heavy (non-hydrogen) atoms. The first-order valence-electron chi connectivity index (χ1n) is 7.79. The predicted molar refractivity (Wildman–Crippen MR) is 89.7 cm³/mol. The van der Waals surface area contributed by atoms with Crippen LogP contribution in [0.15, 0.2) is 16.8 Å². The highest BCUT2D eigenvalue weighted by Crippen LogP contribution is 2.26. The van der Waals surface area contributed by atoms with Crippen molar-refractivity contribution in [3.8, 4) is 0 Å². The molecule has 0 aromatic heterocycles. The van der Waals surface area contributed by atoms with E-state index in [9.17, 15) is 24.9 Å². The molecule has 1 heterocycles. The van der Waals surface area contributed by atoms with Gasteiger partial charge in [0.05, 0.1) is 25.3 Å². The zero-order valence-electron chi connectivity index (χ0n) is 14.2. The van der Waals surface area contributed by atoms with E-state index in [-0.39, 0.29) is 19.1 Å². The van der Waals surface area contributed by atoms with Crippen molar-refractivity contribution in [2.24, 2.45) is 22.2 Å². The Balaban J connectivity index is 3.36. The van der Waals surface area contributed by atoms with Crippen molar-refractivity contribution < 1.29 is 34.4 Å². The average Bonchev–Trinajstić information content (AvgIpc) is 2.55. The number of carbonyl (C=O) groups is 2. The van der Waals surface area contributed by atoms with Gasteiger partial charge in [-0.15, -0.1) is 0 Å². The van der Waals surface area contributed by atoms with Crippen molar-refractivity contribution in [3.05, 3.63) is 11.8 Å². The van der Waals surface area contributed by atoms with Crippen LogP contribution >= 0.6 is 0 Å². The number of aliphatic hydroxyl groups is 2. The van der Waals surface area contributed by atoms with Gasteiger partial charge in [0, 0.05) is 13.5 Å². The number of hydrogen-bond acceptors (Lipinski definition) is 8. The van der Waals surface area contributed by atoms with E-state index >= 15 is 0 Å². The number of hydrogen-bond donors (Lipinski definition) is 7. The summed E-state index contributed by atoms with van der Waals surface area (Å²) in [6.45, 7) is 0.637. The van der Waals surface area contributed by atoms with Gasteiger partial charge in [0.1, 0.15) is 12.2 Å². The molecule has 1 amide bonds. The number of aliphatic hydroxyl groups excluding tert-OH is 2. The molecule has 0 fully saturated rings. The monoisotopic (exact) mass is 375 g/mol. The molecule has 0 saturated carbocycles. The lowest BCUT2D eigenvalue weighted by molar-refractivity contribution is -0.152. The molecule has 0 radical (unpaired) electrons. The molecule has 0 aliphatic carbocycles. The van der Waals surface area contributed by atoms with Crippen LogP contribution in [0.2, 0.25) is 0 Å². The number of carbonyl (C=O) groups excluding carboxylic acids is 1. The van der Waals surface area contributed by atoms with E-state index in [2.05, 4.69) is 10.3 Å². The summed E-state index contributed by atoms with van der Waals surface area (Å²) in [5.74, 6) is -2.70. The summed E-state index contributed by atoms with van der Waals surface area (Å²) in [4.78, 5) is 26.9. The molecular weight excluding hydrogens is 350 g/mol. The van der Waals surface area contributed by atoms with Crippen LogP contribution < -0.4 is 22.5 Å². The average molecular weight is 375 g/mol. The molecule has 0 unspecified atom stereocenters. The summed E-state index contributed by atoms with van der Waals surface area (Å²) in [6, 6.07) is -1.97. The first kappa shape index (κ1) is 21.6. The highest BCUT2D eigenvalue weighted by atomic mass is 16.6. The lowest BCUT2D eigenvalue weighted by atomic mass is 9.92. The van der Waals surface area contributed by atoms with Crippen molar-refractivity contribution in [1.82, 2.24) is 5.32 Å². The van der Waals surface area contributed by atoms with Gasteiger partial charge in [-0.05, 0) is 6.08 Å². The van der Waals surface area contributed by atoms with Gasteiger partial charge in [0.15, 0.2) is 12.1 Å². The number of aliphatic imine (C=N–C) groups is 1. The summed E-state index contributed by atoms with van der Waals surface area (Å²) in [5.41, 5.74) is 16.2. The van der Waals surface area contributed by atoms with E-state index in [1.165, 1.54) is 6.92 Å². The summed E-state index contributed by atoms with van der Waals surface area (Å²) in [7, 11) is 0. The maximum atomic E-state index is 11.6. The minimum Gasteiger partial charge on any atom is -0.478 e. The van der Waals surface area contributed by atoms with Crippen LogP contribution in [0.25, 0.3) is 0 Å². The number of nitrogens with two attached hydrogens (primary N) is 3. The zero-order valence-corrected chi connectivity index (χ0v) is 14.2. The zero-order chi connectivity index (χ0) is 19.9. The van der Waals surface area contributed by atoms with Crippen molar-refractivity contribution in [2.75, 3.05) is 19.8 Å². The number of carboxylic acid groups (broad SMARTS) is 1. The second-order valence-electron chi connectivity index (χ2n) is 5.56. The minimum absolute atomic E-state index is 0.00649. The van der Waals surface area contributed by atoms with Crippen molar-refractivity contribution in [2.45, 2.75) is 37.3 Å². The number of nitrogens with one attached hydrogen (secondary N) is 1. The SMILES string of the molecule is CC(=O)N[C@H]1[C@H]([C@H](OCCN)[C@H](O)CO)OC(C(=O)O)=C[C@@H]1N=C(N)N. The smallest absolute Gasteiger partial charge is 0.370 e. The largest absolute Gasteiger partial charge is 0.478 e. The topological polar surface area (TPSA) is 216 Å². The fourth-order valence-electron chi connectivity index (χ4n) is 2.53. The van der Waals surface area contributed by atoms with Crippen LogP contribution in [0, 0.1) is 0 Å². The lowest BCUT2D eigenvalue weighted by Crippen LogP contribution is -2.60. The van der Waals surface area contributed by atoms with Crippen molar-refractivity contribution in [3.63, 3.8) is 0 Å². The van der Waals surface area contributed by atoms with Gasteiger partial charge >= 0.3 is 5.97 Å². The first-order valence-corrected chi connectivity index (χ1v) is 7.79. The molecule has 0 aromatic carbocycles. The van der Waals surface area contributed by atoms with Crippen LogP contribution in [0.1, 0.15) is 6.92 Å². The summed E-state index contributed by atoms with van der Waals surface area (Å²) in [5, 5.41) is 31.2. The number of ether oxygens (including phenoxy) is 2. The van der Waals surface area contributed by atoms with E-state index in [1.807, 2.05) is 0 Å². The number of nitrogens with zero attached hydrogens (tertiary/aromatic N) is 1. The van der Waals surface area contributed by atoms with E-state index < -0.39 is 54.6 Å². The van der Waals surface area contributed by atoms with E-state index in [1.54, 1.807) is 0 Å². The Kier molecular flexibility index (Phi) is 8.25. The number of amides is 1. The number of guanidine groups is 1. The fraction of sp³-hybridized carbons (Fsp3) is 0.643. The van der Waals surface area contributed by atoms with Crippen LogP contribution in [0.5, 0.6) is 0 Å². The maximum absolute atomic E-state index is 11.6. The molecule has 12 nitrogen and oxygen atoms in total. The van der Waals surface area contributed by atoms with Gasteiger partial charge in [-0.3, -0.25) is 4.79 Å². The Hall–Kier alpha value is -2.41. The van der Waals surface area contributed by atoms with Gasteiger partial charge in [-0.1, -0.05) is 0 Å². The van der Waals surface area contributed by atoms with Gasteiger partial charge in [0.2, 0.25) is 11.7 Å². The van der Waals surface area contributed by atoms with Crippen molar-refractivity contribution >= 4 is 17.8 Å². The Morgan fingerprint density at radius 3 is 2.58 bits per heavy atom. The molecule has 0 bridgehead atoms. The predicted octanol–water partition coefficient (Wildman–Crippen LogP) is -3.80. The molecule has 148 valence electrons. The standard InChI is InChI=1S/C14H25N5O7/c1-6(21)18-10-7(19-14(16)17)4-9(13(23)24)26-12(10)11(8(22)5-20)25-3-2-15/h4,7-8,10-12,20,22H,2-3,5,15H2,1H3,(H,18,21)(H,23,24)(H4,16,17,19)/t7-,8+,10+,11+,12+/m0/s1. The number of rotatable bonds is 9. The third-order valence-electron chi connectivity index (χ3n) is 3.50. The third kappa shape index (κ3) is 5.84. The molecule has 1 aliphatic rings. The molecule has 0 spiro atoms. The second-order valence-corrected chi connectivity index (χ2v) is 5.56. The lowest BCUT2D eigenvalue weighted by Gasteiger charge is -2.40. The maximum Gasteiger partial charge on any atom is 0.370 e. The Morgan fingerprint density at radius 2 is 2.12 bits per heavy atom. The molecule has 5 atom stereocenters. The van der Waals surface area contributed by atoms with Gasteiger partial charge in [-0.2, -0.15) is 0 Å². The van der Waals surface area contributed by atoms with Crippen LogP contribution in [0.3, 0.4) is 0 Å². The highest BCUT2D eigenvalue weighted by Gasteiger charge is 2.44.